The maximum Gasteiger partial charge on any atom is 0.316 e. The van der Waals surface area contributed by atoms with Gasteiger partial charge in [0.1, 0.15) is 12.4 Å². The van der Waals surface area contributed by atoms with Gasteiger partial charge in [0, 0.05) is 5.69 Å². The topological polar surface area (TPSA) is 66.2 Å². The van der Waals surface area contributed by atoms with Crippen molar-refractivity contribution >= 4 is 17.7 Å². The molecule has 4 rings (SSSR count). The van der Waals surface area contributed by atoms with Crippen LogP contribution in [-0.4, -0.2) is 33.6 Å². The molecule has 0 atom stereocenters. The first-order chi connectivity index (χ1) is 15.3. The first-order valence-corrected chi connectivity index (χ1v) is 10.7. The third-order valence-electron chi connectivity index (χ3n) is 4.56. The van der Waals surface area contributed by atoms with Crippen LogP contribution in [-0.2, 0) is 16.1 Å². The highest BCUT2D eigenvalue weighted by Gasteiger charge is 2.19. The summed E-state index contributed by atoms with van der Waals surface area (Å²) in [6.07, 6.45) is 0. The second kappa shape index (κ2) is 9.95. The number of ether oxygens (including phenoxy) is 2. The van der Waals surface area contributed by atoms with Crippen LogP contribution in [0.2, 0.25) is 0 Å². The largest absolute Gasteiger partial charge is 0.496 e. The SMILES string of the molecule is COc1ccccc1-c1nnc(SCC(=O)OCc2ccccc2)n1-c1ccccc1. The summed E-state index contributed by atoms with van der Waals surface area (Å²) >= 11 is 1.29. The molecule has 3 aromatic carbocycles. The van der Waals surface area contributed by atoms with Crippen LogP contribution < -0.4 is 4.74 Å². The van der Waals surface area contributed by atoms with Crippen molar-refractivity contribution in [3.8, 4) is 22.8 Å². The van der Waals surface area contributed by atoms with Gasteiger partial charge >= 0.3 is 5.97 Å². The van der Waals surface area contributed by atoms with E-state index in [0.717, 1.165) is 16.8 Å². The number of hydrogen-bond donors (Lipinski definition) is 0. The fraction of sp³-hybridized carbons (Fsp3) is 0.125. The van der Waals surface area contributed by atoms with Gasteiger partial charge in [0.15, 0.2) is 11.0 Å². The van der Waals surface area contributed by atoms with Crippen LogP contribution in [0.4, 0.5) is 0 Å². The van der Waals surface area contributed by atoms with Gasteiger partial charge in [-0.2, -0.15) is 0 Å². The van der Waals surface area contributed by atoms with Crippen molar-refractivity contribution in [3.63, 3.8) is 0 Å². The molecule has 1 heterocycles. The molecule has 6 nitrogen and oxygen atoms in total. The molecular formula is C24H21N3O3S. The molecule has 0 radical (unpaired) electrons. The lowest BCUT2D eigenvalue weighted by Gasteiger charge is -2.12. The molecule has 156 valence electrons. The number of esters is 1. The van der Waals surface area contributed by atoms with Crippen molar-refractivity contribution < 1.29 is 14.3 Å². The zero-order chi connectivity index (χ0) is 21.5. The van der Waals surface area contributed by atoms with Crippen molar-refractivity contribution in [2.45, 2.75) is 11.8 Å². The quantitative estimate of drug-likeness (QED) is 0.296. The Bertz CT molecular complexity index is 1150. The van der Waals surface area contributed by atoms with Gasteiger partial charge in [0.05, 0.1) is 18.4 Å². The van der Waals surface area contributed by atoms with Crippen LogP contribution >= 0.6 is 11.8 Å². The highest BCUT2D eigenvalue weighted by atomic mass is 32.2. The van der Waals surface area contributed by atoms with Gasteiger partial charge in [-0.15, -0.1) is 10.2 Å². The fourth-order valence-corrected chi connectivity index (χ4v) is 3.83. The summed E-state index contributed by atoms with van der Waals surface area (Å²) in [5.74, 6) is 1.16. The van der Waals surface area contributed by atoms with Crippen molar-refractivity contribution in [1.82, 2.24) is 14.8 Å². The van der Waals surface area contributed by atoms with E-state index >= 15 is 0 Å². The molecule has 0 aliphatic heterocycles. The van der Waals surface area contributed by atoms with Crippen LogP contribution in [0, 0.1) is 0 Å². The zero-order valence-corrected chi connectivity index (χ0v) is 17.8. The number of carbonyl (C=O) groups excluding carboxylic acids is 1. The molecular weight excluding hydrogens is 410 g/mol. The lowest BCUT2D eigenvalue weighted by molar-refractivity contribution is -0.141. The fourth-order valence-electron chi connectivity index (χ4n) is 3.08. The standard InChI is InChI=1S/C24H21N3O3S/c1-29-21-15-9-8-14-20(21)23-25-26-24(27(23)19-12-6-3-7-13-19)31-17-22(28)30-16-18-10-4-2-5-11-18/h2-15H,16-17H2,1H3. The molecule has 0 bridgehead atoms. The van der Waals surface area contributed by atoms with Gasteiger partial charge in [-0.1, -0.05) is 72.4 Å². The van der Waals surface area contributed by atoms with Crippen LogP contribution in [0.15, 0.2) is 90.1 Å². The Kier molecular flexibility index (Phi) is 6.64. The second-order valence-corrected chi connectivity index (χ2v) is 7.55. The normalized spacial score (nSPS) is 10.6. The molecule has 0 unspecified atom stereocenters. The summed E-state index contributed by atoms with van der Waals surface area (Å²) in [7, 11) is 1.63. The van der Waals surface area contributed by atoms with Crippen LogP contribution in [0.3, 0.4) is 0 Å². The number of benzene rings is 3. The van der Waals surface area contributed by atoms with Crippen LogP contribution in [0.5, 0.6) is 5.75 Å². The Labute approximate surface area is 184 Å². The molecule has 0 amide bonds. The number of rotatable bonds is 8. The second-order valence-electron chi connectivity index (χ2n) is 6.61. The van der Waals surface area contributed by atoms with Crippen molar-refractivity contribution in [2.75, 3.05) is 12.9 Å². The van der Waals surface area contributed by atoms with Gasteiger partial charge in [0.2, 0.25) is 0 Å². The molecule has 0 saturated heterocycles. The summed E-state index contributed by atoms with van der Waals surface area (Å²) in [6.45, 7) is 0.248. The number of carbonyl (C=O) groups is 1. The number of nitrogens with zero attached hydrogens (tertiary/aromatic N) is 3. The van der Waals surface area contributed by atoms with E-state index in [1.54, 1.807) is 7.11 Å². The van der Waals surface area contributed by atoms with Crippen molar-refractivity contribution in [1.29, 1.82) is 0 Å². The summed E-state index contributed by atoms with van der Waals surface area (Å²) in [5.41, 5.74) is 2.67. The Hall–Kier alpha value is -3.58. The average Bonchev–Trinajstić information content (AvgIpc) is 3.26. The molecule has 0 N–H and O–H groups in total. The molecule has 0 aliphatic rings. The van der Waals surface area contributed by atoms with Crippen LogP contribution in [0.25, 0.3) is 17.1 Å². The average molecular weight is 432 g/mol. The summed E-state index contributed by atoms with van der Waals surface area (Å²) in [5, 5.41) is 9.35. The van der Waals surface area contributed by atoms with Gasteiger partial charge in [-0.3, -0.25) is 9.36 Å². The molecule has 7 heteroatoms. The number of aromatic nitrogens is 3. The molecule has 0 spiro atoms. The third kappa shape index (κ3) is 4.95. The third-order valence-corrected chi connectivity index (χ3v) is 5.46. The maximum atomic E-state index is 12.3. The number of thioether (sulfide) groups is 1. The molecule has 1 aromatic heterocycles. The molecule has 4 aromatic rings. The lowest BCUT2D eigenvalue weighted by atomic mass is 10.2. The van der Waals surface area contributed by atoms with E-state index < -0.39 is 0 Å². The predicted molar refractivity (Wildman–Crippen MR) is 120 cm³/mol. The molecule has 0 fully saturated rings. The minimum Gasteiger partial charge on any atom is -0.496 e. The van der Waals surface area contributed by atoms with E-state index in [4.69, 9.17) is 9.47 Å². The highest BCUT2D eigenvalue weighted by Crippen LogP contribution is 2.33. The van der Waals surface area contributed by atoms with Crippen molar-refractivity contribution in [2.24, 2.45) is 0 Å². The summed E-state index contributed by atoms with van der Waals surface area (Å²) in [6, 6.07) is 27.0. The number of methoxy groups -OCH3 is 1. The molecule has 0 aliphatic carbocycles. The smallest absolute Gasteiger partial charge is 0.316 e. The predicted octanol–water partition coefficient (Wildman–Crippen LogP) is 4.78. The monoisotopic (exact) mass is 431 g/mol. The number of hydrogen-bond acceptors (Lipinski definition) is 6. The maximum absolute atomic E-state index is 12.3. The highest BCUT2D eigenvalue weighted by molar-refractivity contribution is 7.99. The van der Waals surface area contributed by atoms with E-state index in [-0.39, 0.29) is 18.3 Å². The van der Waals surface area contributed by atoms with E-state index in [1.807, 2.05) is 89.5 Å². The van der Waals surface area contributed by atoms with Crippen molar-refractivity contribution in [3.05, 3.63) is 90.5 Å². The van der Waals surface area contributed by atoms with E-state index in [9.17, 15) is 4.79 Å². The Morgan fingerprint density at radius 3 is 2.32 bits per heavy atom. The van der Waals surface area contributed by atoms with Gasteiger partial charge in [-0.05, 0) is 29.8 Å². The Morgan fingerprint density at radius 1 is 0.903 bits per heavy atom. The van der Waals surface area contributed by atoms with Gasteiger partial charge in [-0.25, -0.2) is 0 Å². The van der Waals surface area contributed by atoms with Gasteiger partial charge < -0.3 is 9.47 Å². The zero-order valence-electron chi connectivity index (χ0n) is 17.0. The van der Waals surface area contributed by atoms with Crippen LogP contribution in [0.1, 0.15) is 5.56 Å². The molecule has 31 heavy (non-hydrogen) atoms. The minimum absolute atomic E-state index is 0.129. The number of para-hydroxylation sites is 2. The van der Waals surface area contributed by atoms with E-state index in [2.05, 4.69) is 10.2 Å². The van der Waals surface area contributed by atoms with E-state index in [1.165, 1.54) is 11.8 Å². The minimum atomic E-state index is -0.310. The summed E-state index contributed by atoms with van der Waals surface area (Å²) < 4.78 is 12.8. The Morgan fingerprint density at radius 2 is 1.58 bits per heavy atom. The van der Waals surface area contributed by atoms with E-state index in [0.29, 0.717) is 16.7 Å². The summed E-state index contributed by atoms with van der Waals surface area (Å²) in [4.78, 5) is 12.3. The first-order valence-electron chi connectivity index (χ1n) is 9.73. The lowest BCUT2D eigenvalue weighted by Crippen LogP contribution is -2.08. The van der Waals surface area contributed by atoms with Gasteiger partial charge in [0.25, 0.3) is 0 Å². The Balaban J connectivity index is 1.56. The first kappa shape index (κ1) is 20.7. The molecule has 0 saturated carbocycles.